The number of hydrogen-bond donors (Lipinski definition) is 0. The van der Waals surface area contributed by atoms with Gasteiger partial charge in [-0.2, -0.15) is 0 Å². The predicted octanol–water partition coefficient (Wildman–Crippen LogP) is 1.58. The number of amides is 2. The van der Waals surface area contributed by atoms with E-state index in [4.69, 9.17) is 4.74 Å². The zero-order valence-corrected chi connectivity index (χ0v) is 10.8. The topological polar surface area (TPSA) is 32.8 Å². The van der Waals surface area contributed by atoms with Crippen LogP contribution in [-0.2, 0) is 4.74 Å². The molecule has 96 valence electrons. The Labute approximate surface area is 103 Å². The van der Waals surface area contributed by atoms with Crippen molar-refractivity contribution >= 4 is 6.03 Å². The smallest absolute Gasteiger partial charge is 0.320 e. The fourth-order valence-corrected chi connectivity index (χ4v) is 2.53. The molecule has 2 saturated heterocycles. The lowest BCUT2D eigenvalue weighted by Crippen LogP contribution is -2.57. The summed E-state index contributed by atoms with van der Waals surface area (Å²) >= 11 is 0. The van der Waals surface area contributed by atoms with E-state index in [0.29, 0.717) is 11.8 Å². The lowest BCUT2D eigenvalue weighted by molar-refractivity contribution is -0.0145. The normalized spacial score (nSPS) is 26.8. The zero-order valence-electron chi connectivity index (χ0n) is 10.8. The first kappa shape index (κ1) is 12.4. The predicted molar refractivity (Wildman–Crippen MR) is 66.8 cm³/mol. The lowest BCUT2D eigenvalue weighted by Gasteiger charge is -2.40. The highest BCUT2D eigenvalue weighted by Crippen LogP contribution is 2.26. The summed E-state index contributed by atoms with van der Waals surface area (Å²) in [7, 11) is 1.70. The molecular formula is C13H22N2O2. The van der Waals surface area contributed by atoms with Gasteiger partial charge < -0.3 is 14.5 Å². The van der Waals surface area contributed by atoms with E-state index in [1.807, 2.05) is 15.9 Å². The molecule has 2 aliphatic rings. The van der Waals surface area contributed by atoms with Crippen molar-refractivity contribution in [2.24, 2.45) is 11.8 Å². The first-order valence-electron chi connectivity index (χ1n) is 6.35. The van der Waals surface area contributed by atoms with Crippen molar-refractivity contribution in [3.63, 3.8) is 0 Å². The summed E-state index contributed by atoms with van der Waals surface area (Å²) in [5, 5.41) is 0. The highest BCUT2D eigenvalue weighted by molar-refractivity contribution is 5.75. The van der Waals surface area contributed by atoms with Gasteiger partial charge in [0.05, 0.1) is 19.2 Å². The minimum atomic E-state index is 0.178. The van der Waals surface area contributed by atoms with Gasteiger partial charge >= 0.3 is 6.03 Å². The van der Waals surface area contributed by atoms with Crippen LogP contribution in [-0.4, -0.2) is 55.2 Å². The van der Waals surface area contributed by atoms with E-state index in [-0.39, 0.29) is 12.1 Å². The highest BCUT2D eigenvalue weighted by Gasteiger charge is 2.36. The maximum Gasteiger partial charge on any atom is 0.320 e. The Kier molecular flexibility index (Phi) is 3.72. The van der Waals surface area contributed by atoms with Crippen molar-refractivity contribution in [2.45, 2.75) is 19.4 Å². The van der Waals surface area contributed by atoms with E-state index in [1.165, 1.54) is 0 Å². The molecule has 2 amide bonds. The molecule has 0 bridgehead atoms. The number of allylic oxidation sites excluding steroid dienone is 1. The van der Waals surface area contributed by atoms with Crippen LogP contribution in [0, 0.1) is 11.8 Å². The molecule has 2 fully saturated rings. The third kappa shape index (κ3) is 2.46. The number of carbonyl (C=O) groups excluding carboxylic acids is 1. The van der Waals surface area contributed by atoms with Crippen LogP contribution in [0.2, 0.25) is 0 Å². The van der Waals surface area contributed by atoms with Gasteiger partial charge in [0.2, 0.25) is 0 Å². The average molecular weight is 238 g/mol. The van der Waals surface area contributed by atoms with Gasteiger partial charge in [0.1, 0.15) is 0 Å². The van der Waals surface area contributed by atoms with E-state index < -0.39 is 0 Å². The molecule has 2 atom stereocenters. The Bertz CT molecular complexity index is 300. The van der Waals surface area contributed by atoms with Gasteiger partial charge in [-0.1, -0.05) is 13.0 Å². The highest BCUT2D eigenvalue weighted by atomic mass is 16.5. The number of carbonyl (C=O) groups is 1. The Hall–Kier alpha value is -1.03. The van der Waals surface area contributed by atoms with Crippen LogP contribution in [0.25, 0.3) is 0 Å². The second kappa shape index (κ2) is 5.08. The van der Waals surface area contributed by atoms with Gasteiger partial charge in [0, 0.05) is 20.2 Å². The van der Waals surface area contributed by atoms with Crippen LogP contribution >= 0.6 is 0 Å². The number of rotatable bonds is 3. The molecule has 0 aliphatic carbocycles. The van der Waals surface area contributed by atoms with Crippen molar-refractivity contribution in [2.75, 3.05) is 33.3 Å². The SMILES string of the molecule is C=CC(C)C1CCN(C(=O)N2CC(OC)C2)C1. The van der Waals surface area contributed by atoms with E-state index in [1.54, 1.807) is 7.11 Å². The van der Waals surface area contributed by atoms with Crippen LogP contribution in [0.4, 0.5) is 4.79 Å². The molecule has 2 heterocycles. The number of hydrogen-bond acceptors (Lipinski definition) is 2. The summed E-state index contributed by atoms with van der Waals surface area (Å²) in [6.45, 7) is 9.25. The van der Waals surface area contributed by atoms with E-state index in [0.717, 1.165) is 32.6 Å². The van der Waals surface area contributed by atoms with Crippen LogP contribution in [0.5, 0.6) is 0 Å². The van der Waals surface area contributed by atoms with Crippen molar-refractivity contribution in [3.8, 4) is 0 Å². The van der Waals surface area contributed by atoms with Crippen LogP contribution in [0.15, 0.2) is 12.7 Å². The zero-order chi connectivity index (χ0) is 12.4. The summed E-state index contributed by atoms with van der Waals surface area (Å²) in [6, 6.07) is 0.178. The Morgan fingerprint density at radius 3 is 2.71 bits per heavy atom. The fourth-order valence-electron chi connectivity index (χ4n) is 2.53. The van der Waals surface area contributed by atoms with Gasteiger partial charge in [-0.25, -0.2) is 4.79 Å². The summed E-state index contributed by atoms with van der Waals surface area (Å²) < 4.78 is 5.18. The maximum absolute atomic E-state index is 12.1. The third-order valence-electron chi connectivity index (χ3n) is 4.06. The van der Waals surface area contributed by atoms with Crippen LogP contribution < -0.4 is 0 Å². The molecule has 2 rings (SSSR count). The molecule has 2 aliphatic heterocycles. The monoisotopic (exact) mass is 238 g/mol. The Morgan fingerprint density at radius 2 is 2.12 bits per heavy atom. The molecule has 0 radical (unpaired) electrons. The molecule has 4 nitrogen and oxygen atoms in total. The number of urea groups is 1. The maximum atomic E-state index is 12.1. The van der Waals surface area contributed by atoms with E-state index >= 15 is 0 Å². The summed E-state index contributed by atoms with van der Waals surface area (Å²) in [6.07, 6.45) is 3.33. The molecule has 0 saturated carbocycles. The quantitative estimate of drug-likeness (QED) is 0.699. The molecule has 0 spiro atoms. The summed E-state index contributed by atoms with van der Waals surface area (Å²) in [5.41, 5.74) is 0. The van der Waals surface area contributed by atoms with Gasteiger partial charge in [-0.05, 0) is 18.3 Å². The first-order valence-corrected chi connectivity index (χ1v) is 6.35. The van der Waals surface area contributed by atoms with Crippen molar-refractivity contribution in [3.05, 3.63) is 12.7 Å². The van der Waals surface area contributed by atoms with Crippen molar-refractivity contribution in [1.82, 2.24) is 9.80 Å². The molecule has 17 heavy (non-hydrogen) atoms. The average Bonchev–Trinajstić information content (AvgIpc) is 2.75. The molecule has 0 aromatic heterocycles. The summed E-state index contributed by atoms with van der Waals surface area (Å²) in [4.78, 5) is 16.0. The molecule has 4 heteroatoms. The number of ether oxygens (including phenoxy) is 1. The second-order valence-corrected chi connectivity index (χ2v) is 5.13. The lowest BCUT2D eigenvalue weighted by atomic mass is 9.94. The van der Waals surface area contributed by atoms with Gasteiger partial charge in [-0.15, -0.1) is 6.58 Å². The van der Waals surface area contributed by atoms with E-state index in [9.17, 15) is 4.79 Å². The molecular weight excluding hydrogens is 216 g/mol. The number of methoxy groups -OCH3 is 1. The molecule has 0 aromatic carbocycles. The molecule has 2 unspecified atom stereocenters. The van der Waals surface area contributed by atoms with Gasteiger partial charge in [0.15, 0.2) is 0 Å². The van der Waals surface area contributed by atoms with Crippen molar-refractivity contribution in [1.29, 1.82) is 0 Å². The van der Waals surface area contributed by atoms with Gasteiger partial charge in [0.25, 0.3) is 0 Å². The first-order chi connectivity index (χ1) is 8.15. The Morgan fingerprint density at radius 1 is 1.41 bits per heavy atom. The molecule has 0 N–H and O–H groups in total. The second-order valence-electron chi connectivity index (χ2n) is 5.13. The van der Waals surface area contributed by atoms with Gasteiger partial charge in [-0.3, -0.25) is 0 Å². The Balaban J connectivity index is 1.81. The minimum absolute atomic E-state index is 0.178. The van der Waals surface area contributed by atoms with E-state index in [2.05, 4.69) is 13.5 Å². The van der Waals surface area contributed by atoms with Crippen LogP contribution in [0.3, 0.4) is 0 Å². The number of nitrogens with zero attached hydrogens (tertiary/aromatic N) is 2. The van der Waals surface area contributed by atoms with Crippen LogP contribution in [0.1, 0.15) is 13.3 Å². The standard InChI is InChI=1S/C13H22N2O2/c1-4-10(2)11-5-6-14(7-11)13(16)15-8-12(9-15)17-3/h4,10-12H,1,5-9H2,2-3H3. The molecule has 0 aromatic rings. The number of likely N-dealkylation sites (tertiary alicyclic amines) is 2. The third-order valence-corrected chi connectivity index (χ3v) is 4.06. The minimum Gasteiger partial charge on any atom is -0.378 e. The van der Waals surface area contributed by atoms with Crippen molar-refractivity contribution < 1.29 is 9.53 Å². The largest absolute Gasteiger partial charge is 0.378 e. The summed E-state index contributed by atoms with van der Waals surface area (Å²) in [5.74, 6) is 1.08. The fraction of sp³-hybridized carbons (Fsp3) is 0.769.